The van der Waals surface area contributed by atoms with Crippen LogP contribution in [0.25, 0.3) is 0 Å². The van der Waals surface area contributed by atoms with Crippen molar-refractivity contribution in [2.24, 2.45) is 10.8 Å². The van der Waals surface area contributed by atoms with Gasteiger partial charge in [-0.3, -0.25) is 0 Å². The van der Waals surface area contributed by atoms with Crippen LogP contribution in [0.15, 0.2) is 84.9 Å². The molecule has 0 spiro atoms. The van der Waals surface area contributed by atoms with Crippen LogP contribution < -0.4 is 0 Å². The van der Waals surface area contributed by atoms with E-state index in [0.29, 0.717) is 11.5 Å². The molecule has 328 valence electrons. The summed E-state index contributed by atoms with van der Waals surface area (Å²) in [5.41, 5.74) is 8.13. The third-order valence-electron chi connectivity index (χ3n) is 10.6. The third-order valence-corrected chi connectivity index (χ3v) is 26.6. The summed E-state index contributed by atoms with van der Waals surface area (Å²) in [5.74, 6) is 16.3. The molecular weight excluding hydrogens is 817 g/mol. The molecule has 2 aliphatic rings. The van der Waals surface area contributed by atoms with Crippen molar-refractivity contribution in [2.75, 3.05) is 0 Å². The minimum absolute atomic E-state index is 0.0219. The molecule has 5 heteroatoms. The number of fused-ring (bicyclic) bond motifs is 1. The fourth-order valence-electron chi connectivity index (χ4n) is 7.07. The summed E-state index contributed by atoms with van der Waals surface area (Å²) in [4.78, 5) is 0. The van der Waals surface area contributed by atoms with Gasteiger partial charge in [0, 0.05) is 0 Å². The molecule has 1 aliphatic carbocycles. The van der Waals surface area contributed by atoms with E-state index in [-0.39, 0.29) is 53.0 Å². The smallest absolute Gasteiger partial charge is 0.0866 e. The van der Waals surface area contributed by atoms with E-state index >= 15 is 0 Å². The minimum atomic E-state index is -0.314. The van der Waals surface area contributed by atoms with Gasteiger partial charge in [-0.1, -0.05) is 12.1 Å². The van der Waals surface area contributed by atoms with Crippen LogP contribution in [0, 0.1) is 48.4 Å². The van der Waals surface area contributed by atoms with Crippen LogP contribution >= 0.6 is 15.9 Å². The topological polar surface area (TPSA) is 40.5 Å². The Bertz CT molecular complexity index is 2120. The fourth-order valence-corrected chi connectivity index (χ4v) is 27.9. The van der Waals surface area contributed by atoms with E-state index in [2.05, 4.69) is 145 Å². The van der Waals surface area contributed by atoms with Crippen LogP contribution in [0.5, 0.6) is 11.5 Å². The fraction of sp³-hybridized carbons (Fsp3) is 0.464. The molecule has 0 aromatic heterocycles. The van der Waals surface area contributed by atoms with Gasteiger partial charge >= 0.3 is 300 Å². The molecular formula is C56H74O2S2Ti-2. The quantitative estimate of drug-likeness (QED) is 0.122. The van der Waals surface area contributed by atoms with Gasteiger partial charge in [-0.15, -0.1) is 24.3 Å². The number of phenols is 2. The zero-order chi connectivity index (χ0) is 45.2. The molecule has 2 nitrogen and oxygen atoms in total. The molecule has 1 fully saturated rings. The van der Waals surface area contributed by atoms with E-state index in [1.165, 1.54) is 49.7 Å². The van der Waals surface area contributed by atoms with Gasteiger partial charge < -0.3 is 0 Å². The molecule has 4 atom stereocenters. The number of hydrogen-bond donors (Lipinski definition) is 2. The summed E-state index contributed by atoms with van der Waals surface area (Å²) in [6, 6.07) is 28.6. The van der Waals surface area contributed by atoms with E-state index < -0.39 is 0 Å². The largest absolute Gasteiger partial charge is 0.199 e. The van der Waals surface area contributed by atoms with Crippen molar-refractivity contribution in [1.82, 2.24) is 0 Å². The maximum atomic E-state index is 11.7. The molecule has 1 aliphatic heterocycles. The molecule has 1 saturated carbocycles. The summed E-state index contributed by atoms with van der Waals surface area (Å²) < 4.78 is 0. The number of aromatic hydroxyl groups is 2. The van der Waals surface area contributed by atoms with E-state index in [4.69, 9.17) is 0 Å². The summed E-state index contributed by atoms with van der Waals surface area (Å²) >= 11 is -0.314. The van der Waals surface area contributed by atoms with E-state index in [0.717, 1.165) is 55.4 Å². The second-order valence-electron chi connectivity index (χ2n) is 20.8. The SMILES string of the molecule is CC(C)(C)C#Cc1cc(C(C)(C)C)cc(C[S]2=[Ti]=[S@@](Cc3cc(C(C)(C)C)cc(C#CC(C)(C)C)c3O)C3CCCCCC[C@@H]32)c1O.[CH2-]c1ccccc1.[CH2-]c1ccccc1. The predicted octanol–water partition coefficient (Wildman–Crippen LogP) is 15.5. The Morgan fingerprint density at radius 1 is 0.541 bits per heavy atom. The monoisotopic (exact) mass is 890 g/mol. The standard InChI is InChI=1S/C42H60O2S2.2C7H7.Ti/c1-39(2,3)21-19-29-23-33(41(7,8)9)25-31(37(29)43)27-45-35-17-15-13-14-16-18-36(35)46-28-32-26-34(42(10,11)12)24-30(38(32)44)20-22-40(4,5)6;2*1-7-5-3-2-4-6-7;/h23-26,35-36,43-44H,13-18,27-28H2,1-12H3;2*2-6H,1H2;/q;2*-1;/t35-,36?;;;/m0.../s1. The van der Waals surface area contributed by atoms with Crippen LogP contribution in [0.3, 0.4) is 0 Å². The molecule has 2 N–H and O–H groups in total. The van der Waals surface area contributed by atoms with Gasteiger partial charge in [-0.25, -0.2) is 0 Å². The Kier molecular flexibility index (Phi) is 18.1. The summed E-state index contributed by atoms with van der Waals surface area (Å²) in [6.45, 7) is 33.8. The van der Waals surface area contributed by atoms with Gasteiger partial charge in [0.15, 0.2) is 0 Å². The molecule has 2 unspecified atom stereocenters. The number of phenolic OH excluding ortho intramolecular Hbond substituents is 2. The molecule has 0 radical (unpaired) electrons. The van der Waals surface area contributed by atoms with Gasteiger partial charge in [0.1, 0.15) is 0 Å². The summed E-state index contributed by atoms with van der Waals surface area (Å²) in [6.07, 6.45) is 7.95. The minimum Gasteiger partial charge on any atom is -0.199 e. The summed E-state index contributed by atoms with van der Waals surface area (Å²) in [5, 5.41) is 24.8. The van der Waals surface area contributed by atoms with Gasteiger partial charge in [0.2, 0.25) is 0 Å². The first kappa shape index (κ1) is 50.4. The van der Waals surface area contributed by atoms with Crippen LogP contribution in [0.4, 0.5) is 0 Å². The molecule has 4 aromatic rings. The van der Waals surface area contributed by atoms with E-state index in [1.807, 2.05) is 60.7 Å². The average Bonchev–Trinajstić information content (AvgIpc) is 3.45. The van der Waals surface area contributed by atoms with Crippen molar-refractivity contribution >= 4 is 15.9 Å². The maximum Gasteiger partial charge on any atom is -0.0866 e. The van der Waals surface area contributed by atoms with E-state index in [1.54, 1.807) is 0 Å². The van der Waals surface area contributed by atoms with Gasteiger partial charge in [0.25, 0.3) is 0 Å². The molecule has 61 heavy (non-hydrogen) atoms. The summed E-state index contributed by atoms with van der Waals surface area (Å²) in [7, 11) is 0.556. The zero-order valence-electron chi connectivity index (χ0n) is 39.5. The Labute approximate surface area is 382 Å². The van der Waals surface area contributed by atoms with Gasteiger partial charge in [-0.05, 0) is 0 Å². The van der Waals surface area contributed by atoms with Crippen molar-refractivity contribution < 1.29 is 25.7 Å². The number of hydrogen-bond acceptors (Lipinski definition) is 2. The molecule has 6 rings (SSSR count). The second kappa shape index (κ2) is 21.9. The molecule has 4 aromatic carbocycles. The normalized spacial score (nSPS) is 18.9. The number of rotatable bonds is 4. The molecule has 0 bridgehead atoms. The van der Waals surface area contributed by atoms with Crippen molar-refractivity contribution in [3.8, 4) is 35.2 Å². The van der Waals surface area contributed by atoms with Crippen LogP contribution in [0.2, 0.25) is 0 Å². The Morgan fingerprint density at radius 2 is 0.885 bits per heavy atom. The van der Waals surface area contributed by atoms with Crippen molar-refractivity contribution in [1.29, 1.82) is 0 Å². The average molecular weight is 891 g/mol. The van der Waals surface area contributed by atoms with Crippen LogP contribution in [0.1, 0.15) is 166 Å². The Hall–Kier alpha value is -3.25. The maximum absolute atomic E-state index is 11.7. The van der Waals surface area contributed by atoms with Gasteiger partial charge in [0.05, 0.1) is 0 Å². The van der Waals surface area contributed by atoms with Gasteiger partial charge in [-0.2, -0.15) is 49.2 Å². The number of benzene rings is 4. The predicted molar refractivity (Wildman–Crippen MR) is 266 cm³/mol. The van der Waals surface area contributed by atoms with Crippen LogP contribution in [-0.2, 0) is 37.8 Å². The zero-order valence-corrected chi connectivity index (χ0v) is 42.7. The first-order chi connectivity index (χ1) is 28.4. The molecule has 0 amide bonds. The third kappa shape index (κ3) is 16.4. The Morgan fingerprint density at radius 3 is 1.16 bits per heavy atom. The van der Waals surface area contributed by atoms with Crippen molar-refractivity contribution in [3.05, 3.63) is 143 Å². The second-order valence-corrected chi connectivity index (χ2v) is 32.3. The van der Waals surface area contributed by atoms with Crippen molar-refractivity contribution in [2.45, 2.75) is 154 Å². The molecule has 1 heterocycles. The first-order valence-electron chi connectivity index (χ1n) is 22.1. The Balaban J connectivity index is 0.000000490. The first-order valence-corrected chi connectivity index (χ1v) is 28.8. The van der Waals surface area contributed by atoms with E-state index in [9.17, 15) is 10.2 Å². The van der Waals surface area contributed by atoms with Crippen molar-refractivity contribution in [3.63, 3.8) is 0 Å². The van der Waals surface area contributed by atoms with Crippen LogP contribution in [-0.4, -0.2) is 20.7 Å². The molecule has 0 saturated heterocycles.